The van der Waals surface area contributed by atoms with Crippen molar-refractivity contribution in [2.24, 2.45) is 0 Å². The molecule has 108 valence electrons. The van der Waals surface area contributed by atoms with Gasteiger partial charge in [-0.25, -0.2) is 0 Å². The van der Waals surface area contributed by atoms with E-state index in [0.717, 1.165) is 32.0 Å². The van der Waals surface area contributed by atoms with E-state index in [-0.39, 0.29) is 11.9 Å². The molecule has 1 aromatic rings. The van der Waals surface area contributed by atoms with Crippen molar-refractivity contribution in [3.05, 3.63) is 35.9 Å². The van der Waals surface area contributed by atoms with Crippen LogP contribution in [0.5, 0.6) is 0 Å². The molecule has 2 N–H and O–H groups in total. The van der Waals surface area contributed by atoms with Crippen molar-refractivity contribution in [3.63, 3.8) is 0 Å². The lowest BCUT2D eigenvalue weighted by molar-refractivity contribution is -0.130. The third kappa shape index (κ3) is 3.19. The van der Waals surface area contributed by atoms with Crippen molar-refractivity contribution in [3.8, 4) is 0 Å². The van der Waals surface area contributed by atoms with Gasteiger partial charge in [0.1, 0.15) is 0 Å². The fraction of sp³-hybridized carbons (Fsp3) is 0.562. The van der Waals surface area contributed by atoms with E-state index in [1.54, 1.807) is 12.1 Å². The van der Waals surface area contributed by atoms with Crippen LogP contribution in [0.2, 0.25) is 0 Å². The molecule has 4 nitrogen and oxygen atoms in total. The molecule has 1 aromatic carbocycles. The summed E-state index contributed by atoms with van der Waals surface area (Å²) in [6, 6.07) is 10.1. The van der Waals surface area contributed by atoms with E-state index in [1.807, 2.05) is 18.2 Å². The molecule has 2 fully saturated rings. The number of rotatable bonds is 4. The summed E-state index contributed by atoms with van der Waals surface area (Å²) in [6.45, 7) is 2.13. The van der Waals surface area contributed by atoms with E-state index in [2.05, 4.69) is 10.2 Å². The summed E-state index contributed by atoms with van der Waals surface area (Å²) >= 11 is 0. The second kappa shape index (κ2) is 5.94. The minimum Gasteiger partial charge on any atom is -0.378 e. The van der Waals surface area contributed by atoms with Gasteiger partial charge in [-0.15, -0.1) is 0 Å². The van der Waals surface area contributed by atoms with Gasteiger partial charge in [0.15, 0.2) is 6.10 Å². The smallest absolute Gasteiger partial charge is 0.253 e. The van der Waals surface area contributed by atoms with Crippen LogP contribution in [-0.2, 0) is 4.79 Å². The maximum atomic E-state index is 12.1. The lowest BCUT2D eigenvalue weighted by Gasteiger charge is -2.32. The van der Waals surface area contributed by atoms with Crippen LogP contribution in [0.25, 0.3) is 0 Å². The number of hydrogen-bond acceptors (Lipinski definition) is 3. The second-order valence-electron chi connectivity index (χ2n) is 5.86. The molecule has 0 aromatic heterocycles. The Morgan fingerprint density at radius 3 is 2.40 bits per heavy atom. The highest BCUT2D eigenvalue weighted by molar-refractivity contribution is 5.82. The van der Waals surface area contributed by atoms with E-state index >= 15 is 0 Å². The topological polar surface area (TPSA) is 52.6 Å². The number of amides is 1. The first-order valence-corrected chi connectivity index (χ1v) is 7.51. The number of carbonyl (C=O) groups excluding carboxylic acids is 1. The predicted molar refractivity (Wildman–Crippen MR) is 77.2 cm³/mol. The normalized spacial score (nSPS) is 22.4. The maximum absolute atomic E-state index is 12.1. The van der Waals surface area contributed by atoms with Gasteiger partial charge in [0, 0.05) is 25.2 Å². The van der Waals surface area contributed by atoms with Gasteiger partial charge < -0.3 is 15.3 Å². The van der Waals surface area contributed by atoms with Gasteiger partial charge >= 0.3 is 0 Å². The van der Waals surface area contributed by atoms with Gasteiger partial charge in [0.25, 0.3) is 5.91 Å². The first-order valence-electron chi connectivity index (χ1n) is 7.51. The van der Waals surface area contributed by atoms with Gasteiger partial charge in [0.2, 0.25) is 0 Å². The summed E-state index contributed by atoms with van der Waals surface area (Å²) in [5, 5.41) is 13.0. The summed E-state index contributed by atoms with van der Waals surface area (Å²) in [5.41, 5.74) is 0.653. The number of nitrogens with zero attached hydrogens (tertiary/aromatic N) is 1. The van der Waals surface area contributed by atoms with Gasteiger partial charge in [-0.05, 0) is 31.2 Å². The van der Waals surface area contributed by atoms with Gasteiger partial charge in [-0.2, -0.15) is 0 Å². The van der Waals surface area contributed by atoms with Gasteiger partial charge in [-0.3, -0.25) is 4.79 Å². The number of hydrogen-bond donors (Lipinski definition) is 2. The minimum atomic E-state index is -1.06. The summed E-state index contributed by atoms with van der Waals surface area (Å²) in [7, 11) is 0. The summed E-state index contributed by atoms with van der Waals surface area (Å²) in [5.74, 6) is -0.277. The fourth-order valence-corrected chi connectivity index (χ4v) is 2.92. The van der Waals surface area contributed by atoms with Crippen molar-refractivity contribution in [1.82, 2.24) is 10.2 Å². The lowest BCUT2D eigenvalue weighted by Crippen LogP contribution is -2.46. The molecule has 0 bridgehead atoms. The Bertz CT molecular complexity index is 451. The molecular formula is C16H22N2O2. The first-order chi connectivity index (χ1) is 9.74. The largest absolute Gasteiger partial charge is 0.378 e. The highest BCUT2D eigenvalue weighted by Gasteiger charge is 2.32. The number of nitrogens with one attached hydrogen (secondary N) is 1. The number of piperidine rings is 1. The number of aliphatic hydroxyl groups is 1. The van der Waals surface area contributed by atoms with Crippen LogP contribution in [0.1, 0.15) is 37.4 Å². The Morgan fingerprint density at radius 1 is 1.15 bits per heavy atom. The monoisotopic (exact) mass is 274 g/mol. The van der Waals surface area contributed by atoms with E-state index in [4.69, 9.17) is 0 Å². The van der Waals surface area contributed by atoms with Crippen molar-refractivity contribution < 1.29 is 9.90 Å². The molecule has 1 saturated carbocycles. The Hall–Kier alpha value is -1.39. The third-order valence-electron chi connectivity index (χ3n) is 4.30. The first kappa shape index (κ1) is 13.6. The van der Waals surface area contributed by atoms with Crippen LogP contribution in [0.15, 0.2) is 30.3 Å². The van der Waals surface area contributed by atoms with E-state index in [1.165, 1.54) is 12.8 Å². The molecule has 1 amide bonds. The summed E-state index contributed by atoms with van der Waals surface area (Å²) in [6.07, 6.45) is 3.60. The molecule has 0 unspecified atom stereocenters. The highest BCUT2D eigenvalue weighted by Crippen LogP contribution is 2.29. The SMILES string of the molecule is O=C(NC1CCN(C2CC2)CC1)[C@@H](O)c1ccccc1. The minimum absolute atomic E-state index is 0.205. The molecule has 1 saturated heterocycles. The van der Waals surface area contributed by atoms with Crippen LogP contribution in [0.4, 0.5) is 0 Å². The van der Waals surface area contributed by atoms with Crippen LogP contribution in [0.3, 0.4) is 0 Å². The average molecular weight is 274 g/mol. The molecule has 0 radical (unpaired) electrons. The molecule has 1 atom stereocenters. The Labute approximate surface area is 119 Å². The van der Waals surface area contributed by atoms with E-state index < -0.39 is 6.10 Å². The fourth-order valence-electron chi connectivity index (χ4n) is 2.92. The second-order valence-corrected chi connectivity index (χ2v) is 5.86. The van der Waals surface area contributed by atoms with E-state index in [9.17, 15) is 9.90 Å². The van der Waals surface area contributed by atoms with Crippen LogP contribution in [-0.4, -0.2) is 41.1 Å². The maximum Gasteiger partial charge on any atom is 0.253 e. The van der Waals surface area contributed by atoms with Crippen molar-refractivity contribution in [2.75, 3.05) is 13.1 Å². The molecule has 1 aliphatic carbocycles. The number of benzene rings is 1. The van der Waals surface area contributed by atoms with Crippen LogP contribution >= 0.6 is 0 Å². The quantitative estimate of drug-likeness (QED) is 0.874. The molecular weight excluding hydrogens is 252 g/mol. The standard InChI is InChI=1S/C16H22N2O2/c19-15(12-4-2-1-3-5-12)16(20)17-13-8-10-18(11-9-13)14-6-7-14/h1-5,13-15,19H,6-11H2,(H,17,20)/t15-/m0/s1. The van der Waals surface area contributed by atoms with Crippen LogP contribution < -0.4 is 5.32 Å². The lowest BCUT2D eigenvalue weighted by atomic mass is 10.0. The molecule has 2 aliphatic rings. The average Bonchev–Trinajstić information content (AvgIpc) is 3.33. The molecule has 3 rings (SSSR count). The van der Waals surface area contributed by atoms with Gasteiger partial charge in [-0.1, -0.05) is 30.3 Å². The van der Waals surface area contributed by atoms with Crippen LogP contribution in [0, 0.1) is 0 Å². The van der Waals surface area contributed by atoms with E-state index in [0.29, 0.717) is 5.56 Å². The summed E-state index contributed by atoms with van der Waals surface area (Å²) in [4.78, 5) is 14.6. The summed E-state index contributed by atoms with van der Waals surface area (Å²) < 4.78 is 0. The zero-order valence-electron chi connectivity index (χ0n) is 11.7. The number of likely N-dealkylation sites (tertiary alicyclic amines) is 1. The number of aliphatic hydroxyl groups excluding tert-OH is 1. The Morgan fingerprint density at radius 2 is 1.80 bits per heavy atom. The third-order valence-corrected chi connectivity index (χ3v) is 4.30. The van der Waals surface area contributed by atoms with Crippen molar-refractivity contribution in [1.29, 1.82) is 0 Å². The Kier molecular flexibility index (Phi) is 4.03. The zero-order valence-corrected chi connectivity index (χ0v) is 11.7. The molecule has 4 heteroatoms. The molecule has 1 heterocycles. The zero-order chi connectivity index (χ0) is 13.9. The highest BCUT2D eigenvalue weighted by atomic mass is 16.3. The van der Waals surface area contributed by atoms with Gasteiger partial charge in [0.05, 0.1) is 0 Å². The molecule has 20 heavy (non-hydrogen) atoms. The molecule has 1 aliphatic heterocycles. The Balaban J connectivity index is 1.49. The predicted octanol–water partition coefficient (Wildman–Crippen LogP) is 1.46. The van der Waals surface area contributed by atoms with Crippen molar-refractivity contribution >= 4 is 5.91 Å². The molecule has 0 spiro atoms. The number of carbonyl (C=O) groups is 1. The van der Waals surface area contributed by atoms with Crippen molar-refractivity contribution in [2.45, 2.75) is 43.9 Å².